The molecule has 1 aliphatic heterocycles. The number of hydrogen-bond donors (Lipinski definition) is 0. The van der Waals surface area contributed by atoms with Crippen molar-refractivity contribution in [3.63, 3.8) is 0 Å². The second-order valence-corrected chi connectivity index (χ2v) is 8.86. The van der Waals surface area contributed by atoms with Crippen LogP contribution >= 0.6 is 24.0 Å². The number of nitro groups is 1. The Morgan fingerprint density at radius 1 is 1.12 bits per heavy atom. The van der Waals surface area contributed by atoms with Gasteiger partial charge in [0.25, 0.3) is 5.91 Å². The lowest BCUT2D eigenvalue weighted by molar-refractivity contribution is -0.375. The van der Waals surface area contributed by atoms with Gasteiger partial charge in [-0.3, -0.25) is 14.9 Å². The molecule has 160 valence electrons. The van der Waals surface area contributed by atoms with Gasteiger partial charge in [-0.15, -0.1) is 0 Å². The standard InChI is InChI=1S/C23H16N2O5S2/c26-22(25(28)29)17-8-6-16(7-9-17)19-11-10-18(30-19)12-20-23(27)24(14-21(31)32-20)13-15-4-2-1-3-5-15/h1-12H,13-14H2/b20-12-. The van der Waals surface area contributed by atoms with E-state index in [0.29, 0.717) is 39.3 Å². The zero-order valence-corrected chi connectivity index (χ0v) is 18.2. The maximum atomic E-state index is 13.0. The lowest BCUT2D eigenvalue weighted by Gasteiger charge is -2.28. The maximum Gasteiger partial charge on any atom is 0.476 e. The number of hydrogen-bond acceptors (Lipinski definition) is 7. The molecule has 1 aromatic heterocycles. The van der Waals surface area contributed by atoms with Crippen LogP contribution in [0.5, 0.6) is 0 Å². The Balaban J connectivity index is 1.52. The molecule has 0 atom stereocenters. The third-order valence-corrected chi connectivity index (χ3v) is 5.99. The highest BCUT2D eigenvalue weighted by Gasteiger charge is 2.27. The molecule has 1 fully saturated rings. The van der Waals surface area contributed by atoms with Crippen molar-refractivity contribution in [2.75, 3.05) is 6.54 Å². The van der Waals surface area contributed by atoms with Crippen LogP contribution in [0.25, 0.3) is 17.4 Å². The second kappa shape index (κ2) is 9.29. The number of nitrogens with zero attached hydrogens (tertiary/aromatic N) is 2. The molecule has 2 amide bonds. The number of amides is 2. The van der Waals surface area contributed by atoms with Gasteiger partial charge >= 0.3 is 5.91 Å². The van der Waals surface area contributed by atoms with Gasteiger partial charge in [0.2, 0.25) is 0 Å². The average molecular weight is 465 g/mol. The van der Waals surface area contributed by atoms with Gasteiger partial charge in [0.1, 0.15) is 16.4 Å². The first-order valence-corrected chi connectivity index (χ1v) is 10.8. The lowest BCUT2D eigenvalue weighted by Crippen LogP contribution is -2.38. The summed E-state index contributed by atoms with van der Waals surface area (Å²) in [7, 11) is 0. The van der Waals surface area contributed by atoms with Crippen LogP contribution in [0.3, 0.4) is 0 Å². The molecule has 9 heteroatoms. The van der Waals surface area contributed by atoms with Gasteiger partial charge < -0.3 is 9.32 Å². The molecule has 0 aliphatic carbocycles. The SMILES string of the molecule is O=C1/C(=C/c2ccc(-c3ccc(C(=O)[N+](=O)[O-])cc3)o2)SC(=S)CN1Cc1ccccc1. The molecule has 1 saturated heterocycles. The monoisotopic (exact) mass is 464 g/mol. The van der Waals surface area contributed by atoms with Crippen LogP contribution in [0, 0.1) is 10.1 Å². The van der Waals surface area contributed by atoms with Crippen LogP contribution < -0.4 is 0 Å². The van der Waals surface area contributed by atoms with Crippen LogP contribution in [0.15, 0.2) is 76.1 Å². The maximum absolute atomic E-state index is 13.0. The summed E-state index contributed by atoms with van der Waals surface area (Å²) in [6, 6.07) is 19.1. The molecular formula is C23H16N2O5S2. The minimum absolute atomic E-state index is 0.0103. The largest absolute Gasteiger partial charge is 0.476 e. The van der Waals surface area contributed by atoms with E-state index in [2.05, 4.69) is 0 Å². The number of benzene rings is 2. The first-order valence-electron chi connectivity index (χ1n) is 9.55. The van der Waals surface area contributed by atoms with E-state index in [1.807, 2.05) is 30.3 Å². The summed E-state index contributed by atoms with van der Waals surface area (Å²) >= 11 is 6.66. The highest BCUT2D eigenvalue weighted by molar-refractivity contribution is 8.26. The summed E-state index contributed by atoms with van der Waals surface area (Å²) in [5.41, 5.74) is 1.66. The van der Waals surface area contributed by atoms with Crippen LogP contribution in [0.2, 0.25) is 0 Å². The second-order valence-electron chi connectivity index (χ2n) is 6.97. The summed E-state index contributed by atoms with van der Waals surface area (Å²) < 4.78 is 6.53. The summed E-state index contributed by atoms with van der Waals surface area (Å²) in [5.74, 6) is -0.294. The molecule has 2 heterocycles. The Hall–Kier alpha value is -3.56. The molecule has 0 N–H and O–H groups in total. The van der Waals surface area contributed by atoms with E-state index in [4.69, 9.17) is 16.6 Å². The van der Waals surface area contributed by atoms with Crippen LogP contribution in [-0.4, -0.2) is 32.4 Å². The third-order valence-electron chi connectivity index (χ3n) is 4.74. The van der Waals surface area contributed by atoms with Gasteiger partial charge in [0.15, 0.2) is 0 Å². The fraction of sp³-hybridized carbons (Fsp3) is 0.0870. The highest BCUT2D eigenvalue weighted by atomic mass is 32.2. The molecule has 3 aromatic rings. The molecule has 0 unspecified atom stereocenters. The van der Waals surface area contributed by atoms with Gasteiger partial charge in [-0.25, -0.2) is 4.79 Å². The fourth-order valence-corrected chi connectivity index (χ4v) is 4.48. The quantitative estimate of drug-likeness (QED) is 0.232. The van der Waals surface area contributed by atoms with Crippen molar-refractivity contribution < 1.29 is 18.9 Å². The minimum Gasteiger partial charge on any atom is -0.457 e. The Morgan fingerprint density at radius 2 is 1.84 bits per heavy atom. The number of carbonyl (C=O) groups excluding carboxylic acids is 2. The van der Waals surface area contributed by atoms with Gasteiger partial charge in [0.05, 0.1) is 21.2 Å². The number of thiocarbonyl (C=S) groups is 1. The predicted octanol–water partition coefficient (Wildman–Crippen LogP) is 4.81. The van der Waals surface area contributed by atoms with E-state index in [1.54, 1.807) is 35.2 Å². The molecular weight excluding hydrogens is 448 g/mol. The first kappa shape index (κ1) is 21.7. The Bertz CT molecular complexity index is 1230. The minimum atomic E-state index is -1.16. The van der Waals surface area contributed by atoms with Crippen molar-refractivity contribution in [1.29, 1.82) is 0 Å². The summed E-state index contributed by atoms with van der Waals surface area (Å²) in [5, 5.41) is 10.6. The molecule has 4 rings (SSSR count). The van der Waals surface area contributed by atoms with Crippen molar-refractivity contribution in [3.05, 3.63) is 98.6 Å². The van der Waals surface area contributed by atoms with E-state index in [-0.39, 0.29) is 11.5 Å². The average Bonchev–Trinajstić information content (AvgIpc) is 3.25. The molecule has 0 saturated carbocycles. The Kier molecular flexibility index (Phi) is 6.29. The number of rotatable bonds is 5. The van der Waals surface area contributed by atoms with Gasteiger partial charge in [0, 0.05) is 18.2 Å². The van der Waals surface area contributed by atoms with Crippen LogP contribution in [0.4, 0.5) is 0 Å². The van der Waals surface area contributed by atoms with E-state index in [9.17, 15) is 19.7 Å². The fourth-order valence-electron chi connectivity index (χ4n) is 3.20. The highest BCUT2D eigenvalue weighted by Crippen LogP contribution is 2.31. The first-order chi connectivity index (χ1) is 15.4. The summed E-state index contributed by atoms with van der Waals surface area (Å²) in [6.07, 6.45) is 1.66. The van der Waals surface area contributed by atoms with E-state index >= 15 is 0 Å². The summed E-state index contributed by atoms with van der Waals surface area (Å²) in [6.45, 7) is 0.875. The van der Waals surface area contributed by atoms with Crippen molar-refractivity contribution in [1.82, 2.24) is 4.90 Å². The van der Waals surface area contributed by atoms with Crippen molar-refractivity contribution >= 4 is 46.1 Å². The van der Waals surface area contributed by atoms with Crippen LogP contribution in [-0.2, 0) is 11.3 Å². The molecule has 2 aromatic carbocycles. The topological polar surface area (TPSA) is 93.7 Å². The Morgan fingerprint density at radius 3 is 2.53 bits per heavy atom. The molecule has 7 nitrogen and oxygen atoms in total. The van der Waals surface area contributed by atoms with Gasteiger partial charge in [-0.2, -0.15) is 0 Å². The zero-order chi connectivity index (χ0) is 22.7. The van der Waals surface area contributed by atoms with E-state index in [0.717, 1.165) is 5.56 Å². The number of furan rings is 1. The van der Waals surface area contributed by atoms with E-state index in [1.165, 1.54) is 23.9 Å². The van der Waals surface area contributed by atoms with Crippen molar-refractivity contribution in [2.24, 2.45) is 0 Å². The molecule has 0 bridgehead atoms. The predicted molar refractivity (Wildman–Crippen MR) is 125 cm³/mol. The van der Waals surface area contributed by atoms with Crippen molar-refractivity contribution in [2.45, 2.75) is 6.54 Å². The molecule has 0 spiro atoms. The normalized spacial score (nSPS) is 15.2. The number of carbonyl (C=O) groups is 2. The van der Waals surface area contributed by atoms with Crippen LogP contribution in [0.1, 0.15) is 21.7 Å². The lowest BCUT2D eigenvalue weighted by atomic mass is 10.1. The zero-order valence-electron chi connectivity index (χ0n) is 16.6. The van der Waals surface area contributed by atoms with Gasteiger partial charge in [-0.1, -0.05) is 66.4 Å². The smallest absolute Gasteiger partial charge is 0.457 e. The van der Waals surface area contributed by atoms with Gasteiger partial charge in [-0.05, 0) is 29.8 Å². The number of thioether (sulfide) groups is 1. The van der Waals surface area contributed by atoms with Crippen molar-refractivity contribution in [3.8, 4) is 11.3 Å². The molecule has 0 radical (unpaired) electrons. The Labute approximate surface area is 192 Å². The summed E-state index contributed by atoms with van der Waals surface area (Å²) in [4.78, 5) is 36.2. The third kappa shape index (κ3) is 4.84. The molecule has 32 heavy (non-hydrogen) atoms. The van der Waals surface area contributed by atoms with E-state index < -0.39 is 10.8 Å². The molecule has 1 aliphatic rings.